The topological polar surface area (TPSA) is 118 Å². The SMILES string of the molecule is CCc1nc2c(N)ncc(-c3cnn(-c4ccc(C5CCN(C)CC5)cc4)c3)c2nc1N[C@@H]1CC[C@H](O)C1. The minimum absolute atomic E-state index is 0.185. The summed E-state index contributed by atoms with van der Waals surface area (Å²) in [4.78, 5) is 16.7. The number of nitrogens with one attached hydrogen (secondary N) is 1. The Kier molecular flexibility index (Phi) is 6.71. The van der Waals surface area contributed by atoms with Crippen LogP contribution in [0.15, 0.2) is 42.9 Å². The summed E-state index contributed by atoms with van der Waals surface area (Å²) in [6.45, 7) is 4.36. The summed E-state index contributed by atoms with van der Waals surface area (Å²) >= 11 is 0. The van der Waals surface area contributed by atoms with E-state index < -0.39 is 0 Å². The minimum Gasteiger partial charge on any atom is -0.393 e. The molecule has 3 aromatic heterocycles. The van der Waals surface area contributed by atoms with Crippen LogP contribution in [-0.2, 0) is 6.42 Å². The van der Waals surface area contributed by atoms with Gasteiger partial charge >= 0.3 is 0 Å². The van der Waals surface area contributed by atoms with E-state index in [0.29, 0.717) is 22.8 Å². The fourth-order valence-corrected chi connectivity index (χ4v) is 5.79. The van der Waals surface area contributed by atoms with Crippen molar-refractivity contribution in [2.75, 3.05) is 31.2 Å². The molecular formula is C29H36N8O. The van der Waals surface area contributed by atoms with Gasteiger partial charge in [-0.1, -0.05) is 19.1 Å². The van der Waals surface area contributed by atoms with Crippen molar-refractivity contribution in [1.82, 2.24) is 29.6 Å². The van der Waals surface area contributed by atoms with Crippen molar-refractivity contribution in [3.8, 4) is 16.8 Å². The van der Waals surface area contributed by atoms with Gasteiger partial charge in [-0.2, -0.15) is 5.10 Å². The maximum absolute atomic E-state index is 9.98. The van der Waals surface area contributed by atoms with E-state index in [0.717, 1.165) is 67.1 Å². The number of aliphatic hydroxyl groups is 1. The first-order valence-corrected chi connectivity index (χ1v) is 13.7. The van der Waals surface area contributed by atoms with Gasteiger partial charge in [0, 0.05) is 29.6 Å². The van der Waals surface area contributed by atoms with Crippen LogP contribution in [0.5, 0.6) is 0 Å². The summed E-state index contributed by atoms with van der Waals surface area (Å²) in [5, 5.41) is 18.2. The van der Waals surface area contributed by atoms with Crippen LogP contribution in [0.1, 0.15) is 56.2 Å². The summed E-state index contributed by atoms with van der Waals surface area (Å²) in [6.07, 6.45) is 10.9. The molecule has 4 heterocycles. The lowest BCUT2D eigenvalue weighted by Gasteiger charge is -2.29. The van der Waals surface area contributed by atoms with Gasteiger partial charge in [-0.25, -0.2) is 19.6 Å². The Hall–Kier alpha value is -3.56. The average molecular weight is 513 g/mol. The Labute approximate surface area is 223 Å². The van der Waals surface area contributed by atoms with Crippen LogP contribution in [0.3, 0.4) is 0 Å². The van der Waals surface area contributed by atoms with Crippen LogP contribution in [0, 0.1) is 0 Å². The summed E-state index contributed by atoms with van der Waals surface area (Å²) in [6, 6.07) is 8.96. The van der Waals surface area contributed by atoms with Crippen molar-refractivity contribution in [1.29, 1.82) is 0 Å². The van der Waals surface area contributed by atoms with Crippen LogP contribution in [0.2, 0.25) is 0 Å². The number of rotatable bonds is 6. The molecule has 0 spiro atoms. The highest BCUT2D eigenvalue weighted by Crippen LogP contribution is 2.33. The quantitative estimate of drug-likeness (QED) is 0.353. The lowest BCUT2D eigenvalue weighted by molar-refractivity contribution is 0.182. The molecule has 4 N–H and O–H groups in total. The first-order valence-electron chi connectivity index (χ1n) is 13.7. The average Bonchev–Trinajstić information content (AvgIpc) is 3.58. The second kappa shape index (κ2) is 10.3. The van der Waals surface area contributed by atoms with Gasteiger partial charge in [0.15, 0.2) is 5.82 Å². The predicted molar refractivity (Wildman–Crippen MR) is 150 cm³/mol. The number of nitrogen functional groups attached to an aromatic ring is 1. The first kappa shape index (κ1) is 24.8. The van der Waals surface area contributed by atoms with Crippen LogP contribution in [-0.4, -0.2) is 67.0 Å². The fraction of sp³-hybridized carbons (Fsp3) is 0.448. The van der Waals surface area contributed by atoms with E-state index in [1.54, 1.807) is 6.20 Å². The van der Waals surface area contributed by atoms with Gasteiger partial charge in [-0.3, -0.25) is 0 Å². The summed E-state index contributed by atoms with van der Waals surface area (Å²) < 4.78 is 1.89. The van der Waals surface area contributed by atoms with Gasteiger partial charge in [-0.15, -0.1) is 0 Å². The standard InChI is InChI=1S/C29H36N8O/c1-3-25-29(33-21-6-9-23(38)14-21)35-26-24(16-31-28(30)27(26)34-25)20-15-32-37(17-20)22-7-4-18(5-8-22)19-10-12-36(2)13-11-19/h4-5,7-8,15-17,19,21,23,38H,3,6,9-14H2,1-2H3,(H2,30,31)(H,33,35)/t21-,23+/m1/s1. The number of piperidine rings is 1. The maximum atomic E-state index is 9.98. The van der Waals surface area contributed by atoms with E-state index in [4.69, 9.17) is 15.7 Å². The molecule has 0 radical (unpaired) electrons. The molecule has 2 atom stereocenters. The molecule has 9 nitrogen and oxygen atoms in total. The number of likely N-dealkylation sites (tertiary alicyclic amines) is 1. The van der Waals surface area contributed by atoms with Crippen LogP contribution in [0.25, 0.3) is 27.8 Å². The number of hydrogen-bond donors (Lipinski definition) is 3. The van der Waals surface area contributed by atoms with Gasteiger partial charge in [0.25, 0.3) is 0 Å². The second-order valence-corrected chi connectivity index (χ2v) is 10.8. The second-order valence-electron chi connectivity index (χ2n) is 10.8. The van der Waals surface area contributed by atoms with E-state index in [-0.39, 0.29) is 12.1 Å². The van der Waals surface area contributed by atoms with Crippen molar-refractivity contribution in [2.24, 2.45) is 0 Å². The number of fused-ring (bicyclic) bond motifs is 1. The first-order chi connectivity index (χ1) is 18.5. The molecule has 1 aromatic carbocycles. The molecule has 0 bridgehead atoms. The van der Waals surface area contributed by atoms with Gasteiger partial charge in [-0.05, 0) is 82.3 Å². The van der Waals surface area contributed by atoms with Crippen LogP contribution >= 0.6 is 0 Å². The number of aromatic nitrogens is 5. The molecule has 4 aromatic rings. The molecule has 0 amide bonds. The lowest BCUT2D eigenvalue weighted by Crippen LogP contribution is -2.29. The molecular weight excluding hydrogens is 476 g/mol. The Morgan fingerprint density at radius 3 is 2.53 bits per heavy atom. The third kappa shape index (κ3) is 4.83. The maximum Gasteiger partial charge on any atom is 0.151 e. The molecule has 6 rings (SSSR count). The zero-order valence-corrected chi connectivity index (χ0v) is 22.1. The molecule has 9 heteroatoms. The summed E-state index contributed by atoms with van der Waals surface area (Å²) in [5.41, 5.74) is 12.6. The summed E-state index contributed by atoms with van der Waals surface area (Å²) in [5.74, 6) is 1.75. The number of benzene rings is 1. The van der Waals surface area contributed by atoms with Crippen LogP contribution < -0.4 is 11.1 Å². The van der Waals surface area contributed by atoms with Crippen molar-refractivity contribution in [2.45, 2.75) is 63.5 Å². The molecule has 1 saturated carbocycles. The number of nitrogens with zero attached hydrogens (tertiary/aromatic N) is 6. The van der Waals surface area contributed by atoms with E-state index in [1.165, 1.54) is 18.4 Å². The molecule has 38 heavy (non-hydrogen) atoms. The highest BCUT2D eigenvalue weighted by atomic mass is 16.3. The van der Waals surface area contributed by atoms with E-state index in [1.807, 2.05) is 17.1 Å². The smallest absolute Gasteiger partial charge is 0.151 e. The Balaban J connectivity index is 1.30. The fourth-order valence-electron chi connectivity index (χ4n) is 5.79. The highest BCUT2D eigenvalue weighted by Gasteiger charge is 2.25. The number of hydrogen-bond acceptors (Lipinski definition) is 8. The van der Waals surface area contributed by atoms with Crippen molar-refractivity contribution in [3.63, 3.8) is 0 Å². The van der Waals surface area contributed by atoms with Gasteiger partial charge in [0.2, 0.25) is 0 Å². The lowest BCUT2D eigenvalue weighted by atomic mass is 9.89. The molecule has 1 saturated heterocycles. The zero-order valence-electron chi connectivity index (χ0n) is 22.1. The van der Waals surface area contributed by atoms with Gasteiger partial charge in [0.05, 0.1) is 23.7 Å². The molecule has 1 aliphatic carbocycles. The molecule has 2 fully saturated rings. The minimum atomic E-state index is -0.259. The third-order valence-corrected chi connectivity index (χ3v) is 8.12. The third-order valence-electron chi connectivity index (χ3n) is 8.12. The van der Waals surface area contributed by atoms with Crippen molar-refractivity contribution in [3.05, 3.63) is 54.1 Å². The van der Waals surface area contributed by atoms with Gasteiger partial charge < -0.3 is 21.1 Å². The number of aryl methyl sites for hydroxylation is 1. The van der Waals surface area contributed by atoms with E-state index >= 15 is 0 Å². The van der Waals surface area contributed by atoms with Crippen LogP contribution in [0.4, 0.5) is 11.6 Å². The number of aliphatic hydroxyl groups excluding tert-OH is 1. The van der Waals surface area contributed by atoms with Gasteiger partial charge in [0.1, 0.15) is 16.9 Å². The molecule has 2 aliphatic rings. The number of nitrogens with two attached hydrogens (primary N) is 1. The van der Waals surface area contributed by atoms with Crippen molar-refractivity contribution >= 4 is 22.7 Å². The zero-order chi connectivity index (χ0) is 26.2. The predicted octanol–water partition coefficient (Wildman–Crippen LogP) is 4.16. The van der Waals surface area contributed by atoms with E-state index in [2.05, 4.69) is 58.5 Å². The molecule has 1 aliphatic heterocycles. The highest BCUT2D eigenvalue weighted by molar-refractivity contribution is 5.96. The summed E-state index contributed by atoms with van der Waals surface area (Å²) in [7, 11) is 2.20. The Morgan fingerprint density at radius 2 is 1.82 bits per heavy atom. The Morgan fingerprint density at radius 1 is 1.03 bits per heavy atom. The number of anilines is 2. The molecule has 198 valence electrons. The number of pyridine rings is 1. The Bertz CT molecular complexity index is 1420. The van der Waals surface area contributed by atoms with Crippen molar-refractivity contribution < 1.29 is 5.11 Å². The normalized spacial score (nSPS) is 20.8. The van der Waals surface area contributed by atoms with E-state index in [9.17, 15) is 5.11 Å². The molecule has 0 unspecified atom stereocenters. The monoisotopic (exact) mass is 512 g/mol. The largest absolute Gasteiger partial charge is 0.393 e.